The van der Waals surface area contributed by atoms with Gasteiger partial charge in [0.1, 0.15) is 5.76 Å². The van der Waals surface area contributed by atoms with E-state index in [1.165, 1.54) is 11.1 Å². The molecule has 0 N–H and O–H groups in total. The zero-order valence-electron chi connectivity index (χ0n) is 19.9. The lowest BCUT2D eigenvalue weighted by Gasteiger charge is -2.06. The van der Waals surface area contributed by atoms with E-state index in [2.05, 4.69) is 64.7 Å². The Labute approximate surface area is 199 Å². The maximum absolute atomic E-state index is 5.41. The molecule has 0 amide bonds. The molecule has 0 radical (unpaired) electrons. The molecule has 0 saturated carbocycles. The number of hydrogen-bond acceptors (Lipinski definition) is 4. The molecule has 4 aromatic heterocycles. The molecule has 5 nitrogen and oxygen atoms in total. The van der Waals surface area contributed by atoms with Gasteiger partial charge in [-0.3, -0.25) is 9.97 Å². The zero-order chi connectivity index (χ0) is 23.7. The Morgan fingerprint density at radius 2 is 1.85 bits per heavy atom. The minimum atomic E-state index is 0.662. The lowest BCUT2D eigenvalue weighted by Crippen LogP contribution is -2.00. The predicted octanol–water partition coefficient (Wildman–Crippen LogP) is 7.23. The molecule has 0 aliphatic rings. The van der Waals surface area contributed by atoms with Crippen LogP contribution in [0.4, 0.5) is 0 Å². The van der Waals surface area contributed by atoms with Gasteiger partial charge in [-0.2, -0.15) is 0 Å². The van der Waals surface area contributed by atoms with Gasteiger partial charge in [-0.25, -0.2) is 0 Å². The lowest BCUT2D eigenvalue weighted by molar-refractivity contribution is 0.393. The summed E-state index contributed by atoms with van der Waals surface area (Å²) < 4.78 is 7.64. The summed E-state index contributed by atoms with van der Waals surface area (Å²) in [6, 6.07) is 16.8. The number of nitrogens with zero attached hydrogens (tertiary/aromatic N) is 4. The lowest BCUT2D eigenvalue weighted by atomic mass is 9.99. The van der Waals surface area contributed by atoms with Crippen LogP contribution >= 0.6 is 0 Å². The fourth-order valence-electron chi connectivity index (χ4n) is 4.54. The average Bonchev–Trinajstić information content (AvgIpc) is 3.38. The molecular formula is C29H28N4O. The van der Waals surface area contributed by atoms with Gasteiger partial charge in [-0.1, -0.05) is 55.4 Å². The summed E-state index contributed by atoms with van der Waals surface area (Å²) in [6.45, 7) is 11.0. The molecule has 0 saturated heterocycles. The van der Waals surface area contributed by atoms with E-state index in [1.807, 2.05) is 44.4 Å². The van der Waals surface area contributed by atoms with Gasteiger partial charge in [-0.05, 0) is 55.2 Å². The van der Waals surface area contributed by atoms with Crippen LogP contribution in [0.3, 0.4) is 0 Å². The Bertz CT molecular complexity index is 1440. The van der Waals surface area contributed by atoms with Gasteiger partial charge >= 0.3 is 0 Å². The maximum atomic E-state index is 5.41. The molecule has 5 heteroatoms. The van der Waals surface area contributed by atoms with E-state index in [9.17, 15) is 0 Å². The van der Waals surface area contributed by atoms with Crippen molar-refractivity contribution in [2.75, 3.05) is 0 Å². The largest absolute Gasteiger partial charge is 0.361 e. The van der Waals surface area contributed by atoms with Crippen LogP contribution in [0.25, 0.3) is 38.9 Å². The Kier molecular flexibility index (Phi) is 5.84. The zero-order valence-corrected chi connectivity index (χ0v) is 19.9. The van der Waals surface area contributed by atoms with Crippen LogP contribution in [0.15, 0.2) is 78.2 Å². The average molecular weight is 449 g/mol. The SMILES string of the molecule is C=C(CCC)c1ccc(-c2cn(Cc3ccccn3)c3cc(-c4c(C)noc4C)cnc23)cc1. The number of fused-ring (bicyclic) bond motifs is 1. The molecule has 4 heterocycles. The third-order valence-corrected chi connectivity index (χ3v) is 6.25. The van der Waals surface area contributed by atoms with Crippen LogP contribution < -0.4 is 0 Å². The number of rotatable bonds is 7. The van der Waals surface area contributed by atoms with Crippen molar-refractivity contribution in [1.29, 1.82) is 0 Å². The number of hydrogen-bond donors (Lipinski definition) is 0. The summed E-state index contributed by atoms with van der Waals surface area (Å²) in [5.74, 6) is 0.796. The smallest absolute Gasteiger partial charge is 0.141 e. The van der Waals surface area contributed by atoms with Crippen molar-refractivity contribution in [3.63, 3.8) is 0 Å². The second-order valence-electron chi connectivity index (χ2n) is 8.71. The van der Waals surface area contributed by atoms with Gasteiger partial charge in [0.25, 0.3) is 0 Å². The minimum absolute atomic E-state index is 0.662. The number of benzene rings is 1. The number of aryl methyl sites for hydroxylation is 2. The minimum Gasteiger partial charge on any atom is -0.361 e. The molecule has 0 bridgehead atoms. The number of pyridine rings is 2. The molecule has 0 aliphatic heterocycles. The second kappa shape index (κ2) is 9.10. The van der Waals surface area contributed by atoms with Crippen molar-refractivity contribution in [3.8, 4) is 22.3 Å². The normalized spacial score (nSPS) is 11.3. The van der Waals surface area contributed by atoms with Crippen molar-refractivity contribution >= 4 is 16.6 Å². The fourth-order valence-corrected chi connectivity index (χ4v) is 4.54. The highest BCUT2D eigenvalue weighted by Gasteiger charge is 2.17. The van der Waals surface area contributed by atoms with E-state index < -0.39 is 0 Å². The first-order chi connectivity index (χ1) is 16.5. The highest BCUT2D eigenvalue weighted by Crippen LogP contribution is 2.34. The van der Waals surface area contributed by atoms with E-state index in [-0.39, 0.29) is 0 Å². The molecule has 5 aromatic rings. The van der Waals surface area contributed by atoms with Gasteiger partial charge in [-0.15, -0.1) is 0 Å². The summed E-state index contributed by atoms with van der Waals surface area (Å²) >= 11 is 0. The van der Waals surface area contributed by atoms with Crippen LogP contribution in [0.2, 0.25) is 0 Å². The number of aromatic nitrogens is 4. The summed E-state index contributed by atoms with van der Waals surface area (Å²) in [5.41, 5.74) is 10.5. The second-order valence-corrected chi connectivity index (χ2v) is 8.71. The monoisotopic (exact) mass is 448 g/mol. The van der Waals surface area contributed by atoms with Gasteiger partial charge in [0, 0.05) is 35.3 Å². The van der Waals surface area contributed by atoms with E-state index in [0.717, 1.165) is 63.3 Å². The molecule has 170 valence electrons. The van der Waals surface area contributed by atoms with Gasteiger partial charge in [0.15, 0.2) is 0 Å². The van der Waals surface area contributed by atoms with Crippen molar-refractivity contribution in [2.24, 2.45) is 0 Å². The Hall–Kier alpha value is -3.99. The first-order valence-electron chi connectivity index (χ1n) is 11.7. The first kappa shape index (κ1) is 21.8. The molecule has 0 fully saturated rings. The van der Waals surface area contributed by atoms with Crippen molar-refractivity contribution < 1.29 is 4.52 Å². The standard InChI is InChI=1S/C29H28N4O/c1-5-8-19(2)22-10-12-23(13-11-22)26-18-33(17-25-9-6-7-14-30-25)27-15-24(16-31-29(26)27)28-20(3)32-34-21(28)4/h6-7,9-16,18H,2,5,8,17H2,1,3-4H3. The maximum Gasteiger partial charge on any atom is 0.141 e. The molecule has 34 heavy (non-hydrogen) atoms. The summed E-state index contributed by atoms with van der Waals surface area (Å²) in [5, 5.41) is 4.12. The Morgan fingerprint density at radius 1 is 1.03 bits per heavy atom. The van der Waals surface area contributed by atoms with E-state index >= 15 is 0 Å². The summed E-state index contributed by atoms with van der Waals surface area (Å²) in [7, 11) is 0. The third kappa shape index (κ3) is 4.05. The predicted molar refractivity (Wildman–Crippen MR) is 137 cm³/mol. The van der Waals surface area contributed by atoms with E-state index in [0.29, 0.717) is 6.54 Å². The quantitative estimate of drug-likeness (QED) is 0.263. The van der Waals surface area contributed by atoms with Crippen LogP contribution in [-0.2, 0) is 6.54 Å². The molecule has 0 spiro atoms. The highest BCUT2D eigenvalue weighted by atomic mass is 16.5. The summed E-state index contributed by atoms with van der Waals surface area (Å²) in [4.78, 5) is 9.45. The topological polar surface area (TPSA) is 56.7 Å². The molecule has 0 atom stereocenters. The fraction of sp³-hybridized carbons (Fsp3) is 0.207. The van der Waals surface area contributed by atoms with E-state index in [1.54, 1.807) is 0 Å². The Balaban J connectivity index is 1.63. The van der Waals surface area contributed by atoms with Crippen molar-refractivity contribution in [1.82, 2.24) is 19.7 Å². The molecule has 0 aliphatic carbocycles. The van der Waals surface area contributed by atoms with E-state index in [4.69, 9.17) is 9.51 Å². The van der Waals surface area contributed by atoms with Crippen LogP contribution in [0.1, 0.15) is 42.5 Å². The number of allylic oxidation sites excluding steroid dienone is 1. The molecule has 0 unspecified atom stereocenters. The van der Waals surface area contributed by atoms with Gasteiger partial charge < -0.3 is 9.09 Å². The molecular weight excluding hydrogens is 420 g/mol. The Morgan fingerprint density at radius 3 is 2.53 bits per heavy atom. The van der Waals surface area contributed by atoms with Crippen LogP contribution in [0.5, 0.6) is 0 Å². The van der Waals surface area contributed by atoms with Crippen molar-refractivity contribution in [2.45, 2.75) is 40.2 Å². The molecule has 1 aromatic carbocycles. The van der Waals surface area contributed by atoms with Gasteiger partial charge in [0.2, 0.25) is 0 Å². The first-order valence-corrected chi connectivity index (χ1v) is 11.7. The van der Waals surface area contributed by atoms with Gasteiger partial charge in [0.05, 0.1) is 29.0 Å². The summed E-state index contributed by atoms with van der Waals surface area (Å²) in [6.07, 6.45) is 8.03. The van der Waals surface area contributed by atoms with Crippen LogP contribution in [-0.4, -0.2) is 19.7 Å². The highest BCUT2D eigenvalue weighted by molar-refractivity contribution is 5.95. The molecule has 5 rings (SSSR count). The van der Waals surface area contributed by atoms with Crippen LogP contribution in [0, 0.1) is 13.8 Å². The third-order valence-electron chi connectivity index (χ3n) is 6.25. The van der Waals surface area contributed by atoms with Crippen molar-refractivity contribution in [3.05, 3.63) is 96.4 Å².